The van der Waals surface area contributed by atoms with Gasteiger partial charge in [0, 0.05) is 18.0 Å². The average molecular weight is 448 g/mol. The van der Waals surface area contributed by atoms with Crippen LogP contribution in [0.3, 0.4) is 0 Å². The topological polar surface area (TPSA) is 47.8 Å². The molecule has 0 aliphatic heterocycles. The molecule has 0 amide bonds. The highest BCUT2D eigenvalue weighted by Gasteiger charge is 2.34. The number of nitrogens with zero attached hydrogens (tertiary/aromatic N) is 3. The van der Waals surface area contributed by atoms with Crippen LogP contribution in [0.5, 0.6) is 0 Å². The fraction of sp³-hybridized carbons (Fsp3) is 0.188. The van der Waals surface area contributed by atoms with Crippen LogP contribution < -0.4 is 5.56 Å². The lowest BCUT2D eigenvalue weighted by Crippen LogP contribution is -2.23. The largest absolute Gasteiger partial charge is 0.416 e. The lowest BCUT2D eigenvalue weighted by atomic mass is 10.1. The summed E-state index contributed by atoms with van der Waals surface area (Å²) in [5.74, 6) is -1.03. The van der Waals surface area contributed by atoms with Crippen LogP contribution in [0.1, 0.15) is 11.1 Å². The highest BCUT2D eigenvalue weighted by atomic mass is 79.9. The molecule has 0 fully saturated rings. The molecule has 4 nitrogen and oxygen atoms in total. The molecule has 136 valence electrons. The summed E-state index contributed by atoms with van der Waals surface area (Å²) >= 11 is 4.55. The first kappa shape index (κ1) is 18.8. The fourth-order valence-electron chi connectivity index (χ4n) is 2.49. The Bertz CT molecular complexity index is 1050. The van der Waals surface area contributed by atoms with Crippen molar-refractivity contribution in [1.82, 2.24) is 14.5 Å². The zero-order chi connectivity index (χ0) is 19.1. The van der Waals surface area contributed by atoms with Gasteiger partial charge in [0.05, 0.1) is 27.5 Å². The molecular formula is C16H10BrF4N3OS. The van der Waals surface area contributed by atoms with Crippen molar-refractivity contribution in [2.24, 2.45) is 0 Å². The Kier molecular flexibility index (Phi) is 5.07. The van der Waals surface area contributed by atoms with Crippen LogP contribution in [-0.4, -0.2) is 20.8 Å². The average Bonchev–Trinajstić information content (AvgIpc) is 2.59. The van der Waals surface area contributed by atoms with E-state index in [-0.39, 0.29) is 5.39 Å². The Balaban J connectivity index is 2.17. The summed E-state index contributed by atoms with van der Waals surface area (Å²) < 4.78 is 54.9. The van der Waals surface area contributed by atoms with Gasteiger partial charge in [-0.2, -0.15) is 13.2 Å². The number of halogens is 5. The SMILES string of the molecule is CSc1ncc2c(=O)n(Cc3c(F)cccc3C(F)(F)F)cc(Br)c2n1. The van der Waals surface area contributed by atoms with Crippen LogP contribution in [0.4, 0.5) is 17.6 Å². The minimum Gasteiger partial charge on any atom is -0.309 e. The number of rotatable bonds is 3. The first-order valence-electron chi connectivity index (χ1n) is 7.16. The zero-order valence-electron chi connectivity index (χ0n) is 13.1. The summed E-state index contributed by atoms with van der Waals surface area (Å²) in [7, 11) is 0. The number of hydrogen-bond donors (Lipinski definition) is 0. The van der Waals surface area contributed by atoms with Gasteiger partial charge in [0.25, 0.3) is 5.56 Å². The number of alkyl halides is 3. The number of hydrogen-bond acceptors (Lipinski definition) is 4. The Morgan fingerprint density at radius 1 is 1.31 bits per heavy atom. The van der Waals surface area contributed by atoms with Crippen molar-refractivity contribution in [2.75, 3.05) is 6.26 Å². The zero-order valence-corrected chi connectivity index (χ0v) is 15.5. The molecule has 0 unspecified atom stereocenters. The lowest BCUT2D eigenvalue weighted by Gasteiger charge is -2.15. The van der Waals surface area contributed by atoms with Gasteiger partial charge < -0.3 is 4.57 Å². The van der Waals surface area contributed by atoms with Crippen LogP contribution in [0.2, 0.25) is 0 Å². The van der Waals surface area contributed by atoms with Crippen LogP contribution in [-0.2, 0) is 12.7 Å². The van der Waals surface area contributed by atoms with Gasteiger partial charge in [-0.05, 0) is 34.3 Å². The number of fused-ring (bicyclic) bond motifs is 1. The molecule has 1 aromatic carbocycles. The number of aromatic nitrogens is 3. The summed E-state index contributed by atoms with van der Waals surface area (Å²) in [5.41, 5.74) is -1.98. The van der Waals surface area contributed by atoms with E-state index in [4.69, 9.17) is 0 Å². The second kappa shape index (κ2) is 6.99. The molecule has 0 aliphatic carbocycles. The summed E-state index contributed by atoms with van der Waals surface area (Å²) in [6, 6.07) is 2.70. The minimum atomic E-state index is -4.73. The van der Waals surface area contributed by atoms with Gasteiger partial charge in [-0.25, -0.2) is 14.4 Å². The molecule has 0 bridgehead atoms. The van der Waals surface area contributed by atoms with Crippen molar-refractivity contribution in [3.05, 3.63) is 62.4 Å². The molecule has 0 saturated heterocycles. The first-order valence-corrected chi connectivity index (χ1v) is 9.18. The van der Waals surface area contributed by atoms with Crippen molar-refractivity contribution >= 4 is 38.6 Å². The van der Waals surface area contributed by atoms with Gasteiger partial charge in [-0.15, -0.1) is 0 Å². The maximum absolute atomic E-state index is 14.1. The predicted molar refractivity (Wildman–Crippen MR) is 93.8 cm³/mol. The van der Waals surface area contributed by atoms with Crippen molar-refractivity contribution < 1.29 is 17.6 Å². The van der Waals surface area contributed by atoms with E-state index in [0.717, 1.165) is 22.8 Å². The highest BCUT2D eigenvalue weighted by Crippen LogP contribution is 2.33. The van der Waals surface area contributed by atoms with Crippen LogP contribution >= 0.6 is 27.7 Å². The summed E-state index contributed by atoms with van der Waals surface area (Å²) in [5, 5.41) is 0.575. The van der Waals surface area contributed by atoms with Crippen molar-refractivity contribution in [3.8, 4) is 0 Å². The third-order valence-electron chi connectivity index (χ3n) is 3.69. The molecule has 0 N–H and O–H groups in total. The molecule has 0 saturated carbocycles. The predicted octanol–water partition coefficient (Wildman–Crippen LogP) is 4.48. The smallest absolute Gasteiger partial charge is 0.309 e. The molecule has 3 aromatic rings. The molecule has 3 rings (SSSR count). The second-order valence-corrected chi connectivity index (χ2v) is 6.92. The van der Waals surface area contributed by atoms with Gasteiger partial charge in [0.15, 0.2) is 5.16 Å². The van der Waals surface area contributed by atoms with E-state index in [0.29, 0.717) is 15.1 Å². The Hall–Kier alpha value is -1.94. The first-order chi connectivity index (χ1) is 12.2. The van der Waals surface area contributed by atoms with E-state index in [9.17, 15) is 22.4 Å². The maximum Gasteiger partial charge on any atom is 0.416 e. The van der Waals surface area contributed by atoms with Gasteiger partial charge in [-0.3, -0.25) is 4.79 Å². The normalized spacial score (nSPS) is 11.9. The van der Waals surface area contributed by atoms with E-state index >= 15 is 0 Å². The van der Waals surface area contributed by atoms with Crippen LogP contribution in [0.15, 0.2) is 45.0 Å². The van der Waals surface area contributed by atoms with E-state index in [1.807, 2.05) is 0 Å². The van der Waals surface area contributed by atoms with Crippen molar-refractivity contribution in [1.29, 1.82) is 0 Å². The number of benzene rings is 1. The summed E-state index contributed by atoms with van der Waals surface area (Å²) in [6.07, 6.45) is -0.350. The van der Waals surface area contributed by atoms with Gasteiger partial charge >= 0.3 is 6.18 Å². The quantitative estimate of drug-likeness (QED) is 0.337. The van der Waals surface area contributed by atoms with Gasteiger partial charge in [0.2, 0.25) is 0 Å². The van der Waals surface area contributed by atoms with E-state index in [1.165, 1.54) is 24.2 Å². The number of pyridine rings is 1. The minimum absolute atomic E-state index is 0.127. The third kappa shape index (κ3) is 3.48. The molecule has 2 aromatic heterocycles. The third-order valence-corrected chi connectivity index (χ3v) is 4.83. The molecular weight excluding hydrogens is 438 g/mol. The van der Waals surface area contributed by atoms with Crippen molar-refractivity contribution in [3.63, 3.8) is 0 Å². The molecule has 26 heavy (non-hydrogen) atoms. The molecule has 0 atom stereocenters. The Labute approximate surface area is 157 Å². The molecule has 0 spiro atoms. The van der Waals surface area contributed by atoms with E-state index in [1.54, 1.807) is 6.26 Å². The molecule has 10 heteroatoms. The highest BCUT2D eigenvalue weighted by molar-refractivity contribution is 9.10. The Morgan fingerprint density at radius 3 is 2.69 bits per heavy atom. The summed E-state index contributed by atoms with van der Waals surface area (Å²) in [6.45, 7) is -0.570. The monoisotopic (exact) mass is 447 g/mol. The number of thioether (sulfide) groups is 1. The van der Waals surface area contributed by atoms with Gasteiger partial charge in [0.1, 0.15) is 5.82 Å². The van der Waals surface area contributed by atoms with E-state index in [2.05, 4.69) is 25.9 Å². The fourth-order valence-corrected chi connectivity index (χ4v) is 3.38. The van der Waals surface area contributed by atoms with Crippen LogP contribution in [0.25, 0.3) is 10.9 Å². The van der Waals surface area contributed by atoms with Crippen LogP contribution in [0, 0.1) is 5.82 Å². The molecule has 0 aliphatic rings. The standard InChI is InChI=1S/C16H10BrF4N3OS/c1-26-15-22-5-8-13(23-15)11(17)7-24(14(8)25)6-9-10(16(19,20)21)3-2-4-12(9)18/h2-5,7H,6H2,1H3. The summed E-state index contributed by atoms with van der Waals surface area (Å²) in [4.78, 5) is 20.8. The Morgan fingerprint density at radius 2 is 2.04 bits per heavy atom. The van der Waals surface area contributed by atoms with Gasteiger partial charge in [-0.1, -0.05) is 17.8 Å². The molecule has 0 radical (unpaired) electrons. The maximum atomic E-state index is 14.1. The van der Waals surface area contributed by atoms with Crippen molar-refractivity contribution in [2.45, 2.75) is 17.9 Å². The molecule has 2 heterocycles. The second-order valence-electron chi connectivity index (χ2n) is 5.29. The lowest BCUT2D eigenvalue weighted by molar-refractivity contribution is -0.138. The van der Waals surface area contributed by atoms with E-state index < -0.39 is 35.2 Å².